The standard InChI is InChI=1S/C18H24N2O2/c21-17-7-4-11-19(17)12-8-15-9-13-20(14-10-15)18(22)16-5-2-1-3-6-16/h1-3,5-6,15H,4,7-14H2. The second kappa shape index (κ2) is 6.95. The average molecular weight is 300 g/mol. The molecule has 2 amide bonds. The van der Waals surface area contributed by atoms with E-state index >= 15 is 0 Å². The molecule has 0 unspecified atom stereocenters. The Hall–Kier alpha value is -1.84. The molecule has 2 saturated heterocycles. The second-order valence-corrected chi connectivity index (χ2v) is 6.37. The fourth-order valence-electron chi connectivity index (χ4n) is 3.47. The zero-order chi connectivity index (χ0) is 15.4. The van der Waals surface area contributed by atoms with Gasteiger partial charge in [-0.2, -0.15) is 0 Å². The highest BCUT2D eigenvalue weighted by atomic mass is 16.2. The van der Waals surface area contributed by atoms with Crippen LogP contribution in [0.15, 0.2) is 30.3 Å². The maximum Gasteiger partial charge on any atom is 0.253 e. The summed E-state index contributed by atoms with van der Waals surface area (Å²) in [7, 11) is 0. The van der Waals surface area contributed by atoms with E-state index in [1.165, 1.54) is 0 Å². The van der Waals surface area contributed by atoms with Gasteiger partial charge in [-0.15, -0.1) is 0 Å². The van der Waals surface area contributed by atoms with Gasteiger partial charge in [0.25, 0.3) is 5.91 Å². The van der Waals surface area contributed by atoms with Gasteiger partial charge in [-0.3, -0.25) is 9.59 Å². The van der Waals surface area contributed by atoms with Crippen molar-refractivity contribution < 1.29 is 9.59 Å². The van der Waals surface area contributed by atoms with Crippen molar-refractivity contribution in [3.63, 3.8) is 0 Å². The molecule has 3 rings (SSSR count). The molecule has 2 aliphatic rings. The molecule has 22 heavy (non-hydrogen) atoms. The molecule has 0 atom stereocenters. The van der Waals surface area contributed by atoms with E-state index < -0.39 is 0 Å². The number of carbonyl (C=O) groups is 2. The molecule has 2 aliphatic heterocycles. The van der Waals surface area contributed by atoms with Crippen LogP contribution in [0.1, 0.15) is 42.5 Å². The highest BCUT2D eigenvalue weighted by molar-refractivity contribution is 5.94. The predicted octanol–water partition coefficient (Wildman–Crippen LogP) is 2.55. The summed E-state index contributed by atoms with van der Waals surface area (Å²) in [4.78, 5) is 28.0. The molecule has 2 heterocycles. The molecule has 2 fully saturated rings. The summed E-state index contributed by atoms with van der Waals surface area (Å²) < 4.78 is 0. The summed E-state index contributed by atoms with van der Waals surface area (Å²) >= 11 is 0. The molecular formula is C18H24N2O2. The molecule has 0 N–H and O–H groups in total. The summed E-state index contributed by atoms with van der Waals surface area (Å²) in [5, 5.41) is 0. The van der Waals surface area contributed by atoms with Crippen molar-refractivity contribution in [2.45, 2.75) is 32.1 Å². The van der Waals surface area contributed by atoms with Crippen LogP contribution >= 0.6 is 0 Å². The Morgan fingerprint density at radius 1 is 1.09 bits per heavy atom. The molecular weight excluding hydrogens is 276 g/mol. The maximum absolute atomic E-state index is 12.4. The van der Waals surface area contributed by atoms with Crippen LogP contribution < -0.4 is 0 Å². The van der Waals surface area contributed by atoms with E-state index in [1.54, 1.807) is 0 Å². The van der Waals surface area contributed by atoms with Gasteiger partial charge < -0.3 is 9.80 Å². The minimum atomic E-state index is 0.147. The van der Waals surface area contributed by atoms with Crippen molar-refractivity contribution >= 4 is 11.8 Å². The number of hydrogen-bond acceptors (Lipinski definition) is 2. The highest BCUT2D eigenvalue weighted by Crippen LogP contribution is 2.23. The average Bonchev–Trinajstić information content (AvgIpc) is 2.99. The Balaban J connectivity index is 1.44. The third kappa shape index (κ3) is 3.49. The summed E-state index contributed by atoms with van der Waals surface area (Å²) in [6.45, 7) is 3.51. The SMILES string of the molecule is O=C1CCCN1CCC1CCN(C(=O)c2ccccc2)CC1. The Labute approximate surface area is 132 Å². The first-order valence-electron chi connectivity index (χ1n) is 8.36. The Morgan fingerprint density at radius 2 is 1.82 bits per heavy atom. The lowest BCUT2D eigenvalue weighted by Crippen LogP contribution is -2.39. The number of amides is 2. The number of nitrogens with zero attached hydrogens (tertiary/aromatic N) is 2. The van der Waals surface area contributed by atoms with Crippen molar-refractivity contribution in [3.05, 3.63) is 35.9 Å². The van der Waals surface area contributed by atoms with Gasteiger partial charge in [0.15, 0.2) is 0 Å². The van der Waals surface area contributed by atoms with Crippen molar-refractivity contribution in [3.8, 4) is 0 Å². The fourth-order valence-corrected chi connectivity index (χ4v) is 3.47. The molecule has 0 bridgehead atoms. The first-order valence-corrected chi connectivity index (χ1v) is 8.36. The molecule has 1 aromatic rings. The molecule has 4 heteroatoms. The van der Waals surface area contributed by atoms with E-state index in [2.05, 4.69) is 0 Å². The molecule has 4 nitrogen and oxygen atoms in total. The van der Waals surface area contributed by atoms with E-state index in [-0.39, 0.29) is 5.91 Å². The molecule has 0 radical (unpaired) electrons. The predicted molar refractivity (Wildman–Crippen MR) is 85.5 cm³/mol. The lowest BCUT2D eigenvalue weighted by atomic mass is 9.93. The third-order valence-electron chi connectivity index (χ3n) is 4.90. The van der Waals surface area contributed by atoms with Gasteiger partial charge >= 0.3 is 0 Å². The van der Waals surface area contributed by atoms with Crippen molar-refractivity contribution in [2.24, 2.45) is 5.92 Å². The van der Waals surface area contributed by atoms with Gasteiger partial charge in [0, 0.05) is 38.2 Å². The first-order chi connectivity index (χ1) is 10.7. The van der Waals surface area contributed by atoms with Gasteiger partial charge in [0.2, 0.25) is 5.91 Å². The number of piperidine rings is 1. The molecule has 1 aromatic carbocycles. The van der Waals surface area contributed by atoms with Crippen LogP contribution in [0.4, 0.5) is 0 Å². The topological polar surface area (TPSA) is 40.6 Å². The summed E-state index contributed by atoms with van der Waals surface area (Å²) in [5.41, 5.74) is 0.781. The summed E-state index contributed by atoms with van der Waals surface area (Å²) in [6, 6.07) is 9.52. The summed E-state index contributed by atoms with van der Waals surface area (Å²) in [6.07, 6.45) is 4.94. The van der Waals surface area contributed by atoms with Crippen LogP contribution in [-0.4, -0.2) is 47.8 Å². The number of benzene rings is 1. The van der Waals surface area contributed by atoms with Gasteiger partial charge in [-0.25, -0.2) is 0 Å². The van der Waals surface area contributed by atoms with Gasteiger partial charge in [0.1, 0.15) is 0 Å². The smallest absolute Gasteiger partial charge is 0.253 e. The quantitative estimate of drug-likeness (QED) is 0.857. The minimum absolute atomic E-state index is 0.147. The van der Waals surface area contributed by atoms with Crippen LogP contribution in [0, 0.1) is 5.92 Å². The van der Waals surface area contributed by atoms with Crippen LogP contribution in [0.25, 0.3) is 0 Å². The first kappa shape index (κ1) is 15.1. The number of hydrogen-bond donors (Lipinski definition) is 0. The molecule has 0 spiro atoms. The maximum atomic E-state index is 12.4. The number of rotatable bonds is 4. The Kier molecular flexibility index (Phi) is 4.76. The third-order valence-corrected chi connectivity index (χ3v) is 4.90. The lowest BCUT2D eigenvalue weighted by Gasteiger charge is -2.32. The Bertz CT molecular complexity index is 521. The van der Waals surface area contributed by atoms with E-state index in [9.17, 15) is 9.59 Å². The van der Waals surface area contributed by atoms with Gasteiger partial charge in [-0.1, -0.05) is 18.2 Å². The minimum Gasteiger partial charge on any atom is -0.343 e. The van der Waals surface area contributed by atoms with Crippen LogP contribution in [0.2, 0.25) is 0 Å². The monoisotopic (exact) mass is 300 g/mol. The van der Waals surface area contributed by atoms with Crippen LogP contribution in [-0.2, 0) is 4.79 Å². The Morgan fingerprint density at radius 3 is 2.45 bits per heavy atom. The fraction of sp³-hybridized carbons (Fsp3) is 0.556. The van der Waals surface area contributed by atoms with Crippen LogP contribution in [0.5, 0.6) is 0 Å². The van der Waals surface area contributed by atoms with E-state index in [0.29, 0.717) is 11.8 Å². The van der Waals surface area contributed by atoms with Crippen molar-refractivity contribution in [1.82, 2.24) is 9.80 Å². The molecule has 0 aromatic heterocycles. The number of carbonyl (C=O) groups excluding carboxylic acids is 2. The molecule has 0 saturated carbocycles. The van der Waals surface area contributed by atoms with E-state index in [1.807, 2.05) is 40.1 Å². The summed E-state index contributed by atoms with van der Waals surface area (Å²) in [5.74, 6) is 1.11. The highest BCUT2D eigenvalue weighted by Gasteiger charge is 2.25. The zero-order valence-electron chi connectivity index (χ0n) is 13.0. The van der Waals surface area contributed by atoms with Crippen LogP contribution in [0.3, 0.4) is 0 Å². The van der Waals surface area contributed by atoms with Crippen molar-refractivity contribution in [1.29, 1.82) is 0 Å². The largest absolute Gasteiger partial charge is 0.343 e. The molecule has 118 valence electrons. The van der Waals surface area contributed by atoms with E-state index in [4.69, 9.17) is 0 Å². The lowest BCUT2D eigenvalue weighted by molar-refractivity contribution is -0.127. The second-order valence-electron chi connectivity index (χ2n) is 6.37. The zero-order valence-corrected chi connectivity index (χ0v) is 13.0. The molecule has 0 aliphatic carbocycles. The van der Waals surface area contributed by atoms with E-state index in [0.717, 1.165) is 63.8 Å². The van der Waals surface area contributed by atoms with Gasteiger partial charge in [-0.05, 0) is 43.7 Å². The normalized spacial score (nSPS) is 19.7. The van der Waals surface area contributed by atoms with Crippen molar-refractivity contribution in [2.75, 3.05) is 26.2 Å². The number of likely N-dealkylation sites (tertiary alicyclic amines) is 2. The van der Waals surface area contributed by atoms with Gasteiger partial charge in [0.05, 0.1) is 0 Å².